The fourth-order valence-corrected chi connectivity index (χ4v) is 4.20. The Bertz CT molecular complexity index is 1090. The van der Waals surface area contributed by atoms with Gasteiger partial charge in [-0.15, -0.1) is 11.8 Å². The summed E-state index contributed by atoms with van der Waals surface area (Å²) in [4.78, 5) is 46.2. The Morgan fingerprint density at radius 3 is 2.77 bits per heavy atom. The first-order valence-electron chi connectivity index (χ1n) is 12.3. The molecule has 0 aliphatic carbocycles. The molecule has 0 saturated carbocycles. The Morgan fingerprint density at radius 1 is 1.31 bits per heavy atom. The maximum Gasteiger partial charge on any atom is 0.360 e. The summed E-state index contributed by atoms with van der Waals surface area (Å²) in [5.41, 5.74) is 4.38. The zero-order chi connectivity index (χ0) is 28.7. The molecule has 0 bridgehead atoms. The standard InChI is InChI=1S/C25H36N4O9S/c1-5-7-19(20-13-18(36-8-6-2)14-21(30)37-20)27-24(32)25(26)16-39-23(28-25)17(3)29-38-22(31)15-35-12-11-34-10-9-33-4/h6,13-14,19H,2,5,7-12,15-16,26H2,1,3-4H3,(H,27,32)/b29-17+/t19-,25+/m1/s1. The lowest BCUT2D eigenvalue weighted by Crippen LogP contribution is -2.54. The number of ether oxygens (including phenoxy) is 4. The lowest BCUT2D eigenvalue weighted by molar-refractivity contribution is -0.149. The minimum Gasteiger partial charge on any atom is -0.489 e. The van der Waals surface area contributed by atoms with Gasteiger partial charge in [0.15, 0.2) is 5.66 Å². The highest BCUT2D eigenvalue weighted by molar-refractivity contribution is 8.16. The van der Waals surface area contributed by atoms with E-state index >= 15 is 0 Å². The normalized spacial score (nSPS) is 17.8. The summed E-state index contributed by atoms with van der Waals surface area (Å²) in [6, 6.07) is 2.14. The van der Waals surface area contributed by atoms with Gasteiger partial charge in [-0.05, 0) is 13.3 Å². The lowest BCUT2D eigenvalue weighted by Gasteiger charge is -2.24. The Kier molecular flexibility index (Phi) is 13.9. The maximum absolute atomic E-state index is 13.2. The van der Waals surface area contributed by atoms with Gasteiger partial charge in [-0.3, -0.25) is 10.5 Å². The number of oxime groups is 1. The predicted octanol–water partition coefficient (Wildman–Crippen LogP) is 1.56. The molecule has 3 N–H and O–H groups in total. The molecule has 1 aliphatic rings. The van der Waals surface area contributed by atoms with E-state index in [1.165, 1.54) is 17.8 Å². The molecule has 2 atom stereocenters. The number of hydrogen-bond donors (Lipinski definition) is 2. The van der Waals surface area contributed by atoms with Gasteiger partial charge in [0.2, 0.25) is 0 Å². The van der Waals surface area contributed by atoms with Crippen molar-refractivity contribution in [2.45, 2.75) is 38.4 Å². The van der Waals surface area contributed by atoms with E-state index in [4.69, 9.17) is 33.9 Å². The highest BCUT2D eigenvalue weighted by atomic mass is 32.2. The Hall–Kier alpha value is -3.04. The van der Waals surface area contributed by atoms with Crippen LogP contribution >= 0.6 is 11.8 Å². The monoisotopic (exact) mass is 568 g/mol. The van der Waals surface area contributed by atoms with E-state index in [1.54, 1.807) is 26.2 Å². The molecular formula is C25H36N4O9S. The maximum atomic E-state index is 13.2. The molecule has 0 spiro atoms. The number of hydrogen-bond acceptors (Lipinski definition) is 13. The second-order valence-electron chi connectivity index (χ2n) is 8.36. The first-order chi connectivity index (χ1) is 18.7. The number of nitrogens with zero attached hydrogens (tertiary/aromatic N) is 2. The number of rotatable bonds is 18. The van der Waals surface area contributed by atoms with E-state index < -0.39 is 29.2 Å². The average molecular weight is 569 g/mol. The predicted molar refractivity (Wildman–Crippen MR) is 146 cm³/mol. The van der Waals surface area contributed by atoms with Gasteiger partial charge in [-0.1, -0.05) is 31.2 Å². The van der Waals surface area contributed by atoms with E-state index in [2.05, 4.69) is 22.0 Å². The van der Waals surface area contributed by atoms with E-state index in [0.29, 0.717) is 43.5 Å². The van der Waals surface area contributed by atoms with Crippen LogP contribution in [0.2, 0.25) is 0 Å². The molecule has 2 heterocycles. The zero-order valence-corrected chi connectivity index (χ0v) is 23.3. The highest BCUT2D eigenvalue weighted by Crippen LogP contribution is 2.27. The largest absolute Gasteiger partial charge is 0.489 e. The van der Waals surface area contributed by atoms with Gasteiger partial charge in [-0.25, -0.2) is 14.6 Å². The molecule has 39 heavy (non-hydrogen) atoms. The van der Waals surface area contributed by atoms with Crippen LogP contribution in [0.15, 0.2) is 44.1 Å². The summed E-state index contributed by atoms with van der Waals surface area (Å²) in [6.07, 6.45) is 2.72. The number of carbonyl (C=O) groups is 2. The first kappa shape index (κ1) is 32.2. The first-order valence-corrected chi connectivity index (χ1v) is 13.3. The number of methoxy groups -OCH3 is 1. The van der Waals surface area contributed by atoms with Crippen molar-refractivity contribution in [3.05, 3.63) is 41.0 Å². The minimum atomic E-state index is -1.60. The summed E-state index contributed by atoms with van der Waals surface area (Å²) >= 11 is 1.20. The molecule has 1 aliphatic heterocycles. The van der Waals surface area contributed by atoms with Crippen LogP contribution in [0.25, 0.3) is 0 Å². The van der Waals surface area contributed by atoms with E-state index in [9.17, 15) is 14.4 Å². The summed E-state index contributed by atoms with van der Waals surface area (Å²) in [5, 5.41) is 6.97. The molecule has 0 aromatic carbocycles. The molecule has 1 amide bonds. The fraction of sp³-hybridized carbons (Fsp3) is 0.560. The lowest BCUT2D eigenvalue weighted by atomic mass is 10.1. The third kappa shape index (κ3) is 10.9. The van der Waals surface area contributed by atoms with Gasteiger partial charge in [0.25, 0.3) is 5.91 Å². The van der Waals surface area contributed by atoms with E-state index in [0.717, 1.165) is 0 Å². The molecule has 1 aromatic rings. The topological polar surface area (TPSA) is 173 Å². The Morgan fingerprint density at radius 2 is 2.05 bits per heavy atom. The van der Waals surface area contributed by atoms with Crippen molar-refractivity contribution in [2.75, 3.05) is 52.5 Å². The van der Waals surface area contributed by atoms with Crippen molar-refractivity contribution < 1.29 is 37.8 Å². The number of amides is 1. The second-order valence-corrected chi connectivity index (χ2v) is 9.32. The van der Waals surface area contributed by atoms with E-state index in [1.807, 2.05) is 6.92 Å². The SMILES string of the molecule is C=CCOc1cc([C@@H](CCC)NC(=O)[C@]2(N)CSC(/C(C)=N/OC(=O)COCCOCCOC)=N2)oc(=O)c1. The van der Waals surface area contributed by atoms with Crippen LogP contribution in [0.1, 0.15) is 38.5 Å². The van der Waals surface area contributed by atoms with Crippen molar-refractivity contribution in [1.29, 1.82) is 0 Å². The van der Waals surface area contributed by atoms with Crippen molar-refractivity contribution in [2.24, 2.45) is 15.9 Å². The Labute approximate surface area is 231 Å². The zero-order valence-electron chi connectivity index (χ0n) is 22.4. The van der Waals surface area contributed by atoms with Crippen molar-refractivity contribution >= 4 is 34.4 Å². The van der Waals surface area contributed by atoms with Crippen LogP contribution in [0.5, 0.6) is 5.75 Å². The smallest absolute Gasteiger partial charge is 0.360 e. The van der Waals surface area contributed by atoms with Crippen LogP contribution in [-0.2, 0) is 28.6 Å². The minimum absolute atomic E-state index is 0.131. The van der Waals surface area contributed by atoms with Gasteiger partial charge in [0.1, 0.15) is 35.5 Å². The van der Waals surface area contributed by atoms with Gasteiger partial charge in [0, 0.05) is 18.9 Å². The van der Waals surface area contributed by atoms with Gasteiger partial charge >= 0.3 is 11.6 Å². The fourth-order valence-electron chi connectivity index (χ4n) is 3.17. The van der Waals surface area contributed by atoms with Crippen LogP contribution in [-0.4, -0.2) is 80.8 Å². The number of carbonyl (C=O) groups excluding carboxylic acids is 2. The number of nitrogens with two attached hydrogens (primary N) is 1. The summed E-state index contributed by atoms with van der Waals surface area (Å²) < 4.78 is 26.0. The number of nitrogens with one attached hydrogen (secondary N) is 1. The van der Waals surface area contributed by atoms with Crippen molar-refractivity contribution in [3.8, 4) is 5.75 Å². The molecule has 0 unspecified atom stereocenters. The van der Waals surface area contributed by atoms with Gasteiger partial charge < -0.3 is 33.5 Å². The summed E-state index contributed by atoms with van der Waals surface area (Å²) in [7, 11) is 1.57. The molecular weight excluding hydrogens is 532 g/mol. The molecule has 0 saturated heterocycles. The van der Waals surface area contributed by atoms with Crippen LogP contribution in [0.4, 0.5) is 0 Å². The van der Waals surface area contributed by atoms with Crippen LogP contribution in [0, 0.1) is 0 Å². The molecule has 0 fully saturated rings. The van der Waals surface area contributed by atoms with E-state index in [-0.39, 0.29) is 37.0 Å². The van der Waals surface area contributed by atoms with Crippen molar-refractivity contribution in [3.63, 3.8) is 0 Å². The number of thioether (sulfide) groups is 1. The average Bonchev–Trinajstić information content (AvgIpc) is 3.33. The quantitative estimate of drug-likeness (QED) is 0.0865. The molecule has 13 nitrogen and oxygen atoms in total. The van der Waals surface area contributed by atoms with Gasteiger partial charge in [-0.2, -0.15) is 0 Å². The second kappa shape index (κ2) is 16.8. The Balaban J connectivity index is 1.97. The third-order valence-electron chi connectivity index (χ3n) is 5.10. The summed E-state index contributed by atoms with van der Waals surface area (Å²) in [6.45, 7) is 8.43. The molecule has 14 heteroatoms. The highest BCUT2D eigenvalue weighted by Gasteiger charge is 2.41. The molecule has 2 rings (SSSR count). The molecule has 0 radical (unpaired) electrons. The third-order valence-corrected chi connectivity index (χ3v) is 6.34. The van der Waals surface area contributed by atoms with Crippen LogP contribution in [0.3, 0.4) is 0 Å². The number of aliphatic imine (C=N–C) groups is 1. The molecule has 216 valence electrons. The summed E-state index contributed by atoms with van der Waals surface area (Å²) in [5.74, 6) is -0.586. The van der Waals surface area contributed by atoms with Crippen LogP contribution < -0.4 is 21.4 Å². The van der Waals surface area contributed by atoms with Crippen molar-refractivity contribution in [1.82, 2.24) is 5.32 Å². The van der Waals surface area contributed by atoms with Gasteiger partial charge in [0.05, 0.1) is 38.5 Å². The molecule has 1 aromatic heterocycles.